The molecule has 2 unspecified atom stereocenters. The largest absolute Gasteiger partial charge is 0.435 e. The van der Waals surface area contributed by atoms with Gasteiger partial charge in [0.2, 0.25) is 0 Å². The molecule has 1 aromatic carbocycles. The van der Waals surface area contributed by atoms with Crippen molar-refractivity contribution in [1.82, 2.24) is 0 Å². The van der Waals surface area contributed by atoms with Crippen LogP contribution in [0.25, 0.3) is 0 Å². The summed E-state index contributed by atoms with van der Waals surface area (Å²) in [6, 6.07) is 6.57. The fourth-order valence-corrected chi connectivity index (χ4v) is 2.16. The van der Waals surface area contributed by atoms with Crippen molar-refractivity contribution in [2.75, 3.05) is 6.54 Å². The van der Waals surface area contributed by atoms with E-state index in [1.54, 1.807) is 18.2 Å². The molecule has 5 heteroatoms. The molecule has 0 bridgehead atoms. The van der Waals surface area contributed by atoms with Crippen LogP contribution in [0.2, 0.25) is 0 Å². The minimum Gasteiger partial charge on any atom is -0.435 e. The first-order valence-corrected chi connectivity index (χ1v) is 6.59. The highest BCUT2D eigenvalue weighted by molar-refractivity contribution is 5.37. The van der Waals surface area contributed by atoms with Crippen LogP contribution in [0.15, 0.2) is 24.3 Å². The first kappa shape index (κ1) is 15.9. The molecule has 0 saturated heterocycles. The second kappa shape index (κ2) is 8.07. The van der Waals surface area contributed by atoms with Crippen LogP contribution >= 0.6 is 0 Å². The molecule has 1 rings (SSSR count). The van der Waals surface area contributed by atoms with Crippen LogP contribution in [0.3, 0.4) is 0 Å². The lowest BCUT2D eigenvalue weighted by molar-refractivity contribution is -0.0506. The fraction of sp³-hybridized carbons (Fsp3) is 0.571. The lowest BCUT2D eigenvalue weighted by atomic mass is 9.88. The maximum Gasteiger partial charge on any atom is 0.387 e. The third kappa shape index (κ3) is 4.76. The number of unbranched alkanes of at least 4 members (excludes halogenated alkanes) is 1. The number of rotatable bonds is 8. The van der Waals surface area contributed by atoms with Gasteiger partial charge in [-0.15, -0.1) is 0 Å². The lowest BCUT2D eigenvalue weighted by Crippen LogP contribution is -2.33. The Morgan fingerprint density at radius 3 is 2.53 bits per heavy atom. The average molecular weight is 272 g/mol. The minimum absolute atomic E-state index is 0.146. The molecule has 0 aliphatic rings. The quantitative estimate of drug-likeness (QED) is 0.765. The van der Waals surface area contributed by atoms with Gasteiger partial charge in [-0.1, -0.05) is 38.0 Å². The normalized spacial score (nSPS) is 14.4. The Kier molecular flexibility index (Phi) is 6.73. The van der Waals surface area contributed by atoms with Gasteiger partial charge < -0.3 is 16.2 Å². The number of alkyl halides is 2. The van der Waals surface area contributed by atoms with E-state index in [2.05, 4.69) is 11.7 Å². The van der Waals surface area contributed by atoms with E-state index in [1.165, 1.54) is 6.07 Å². The Morgan fingerprint density at radius 2 is 1.95 bits per heavy atom. The van der Waals surface area contributed by atoms with Gasteiger partial charge in [-0.25, -0.2) is 0 Å². The summed E-state index contributed by atoms with van der Waals surface area (Å²) in [6.07, 6.45) is 2.86. The fourth-order valence-electron chi connectivity index (χ4n) is 2.16. The zero-order valence-electron chi connectivity index (χ0n) is 11.2. The van der Waals surface area contributed by atoms with Crippen molar-refractivity contribution in [1.29, 1.82) is 0 Å². The number of halogens is 2. The molecule has 0 amide bonds. The highest BCUT2D eigenvalue weighted by Gasteiger charge is 2.22. The number of hydrogen-bond acceptors (Lipinski definition) is 3. The molecule has 0 spiro atoms. The summed E-state index contributed by atoms with van der Waals surface area (Å²) in [5.74, 6) is 0.00129. The molecule has 0 aromatic heterocycles. The summed E-state index contributed by atoms with van der Waals surface area (Å²) >= 11 is 0. The van der Waals surface area contributed by atoms with E-state index in [-0.39, 0.29) is 17.7 Å². The predicted octanol–water partition coefficient (Wildman–Crippen LogP) is 2.85. The van der Waals surface area contributed by atoms with Gasteiger partial charge in [0.25, 0.3) is 0 Å². The molecule has 0 fully saturated rings. The summed E-state index contributed by atoms with van der Waals surface area (Å²) < 4.78 is 29.3. The van der Waals surface area contributed by atoms with Crippen molar-refractivity contribution in [3.05, 3.63) is 29.8 Å². The van der Waals surface area contributed by atoms with Crippen LogP contribution in [0.1, 0.15) is 37.7 Å². The van der Waals surface area contributed by atoms with E-state index in [4.69, 9.17) is 11.5 Å². The molecular formula is C14H22F2N2O. The molecule has 19 heavy (non-hydrogen) atoms. The maximum atomic E-state index is 12.4. The van der Waals surface area contributed by atoms with Gasteiger partial charge in [-0.05, 0) is 12.5 Å². The van der Waals surface area contributed by atoms with Gasteiger partial charge in [-0.3, -0.25) is 0 Å². The van der Waals surface area contributed by atoms with Crippen LogP contribution in [0, 0.1) is 0 Å². The zero-order chi connectivity index (χ0) is 14.3. The van der Waals surface area contributed by atoms with Crippen LogP contribution in [0.5, 0.6) is 5.75 Å². The van der Waals surface area contributed by atoms with Crippen molar-refractivity contribution < 1.29 is 13.5 Å². The number of nitrogens with two attached hydrogens (primary N) is 2. The summed E-state index contributed by atoms with van der Waals surface area (Å²) in [4.78, 5) is 0. The molecule has 0 heterocycles. The lowest BCUT2D eigenvalue weighted by Gasteiger charge is -2.24. The average Bonchev–Trinajstić information content (AvgIpc) is 2.38. The SMILES string of the molecule is CCCCC(N)C(CN)c1ccccc1OC(F)F. The number of benzene rings is 1. The molecule has 0 aliphatic carbocycles. The van der Waals surface area contributed by atoms with Gasteiger partial charge >= 0.3 is 6.61 Å². The van der Waals surface area contributed by atoms with Crippen LogP contribution < -0.4 is 16.2 Å². The maximum absolute atomic E-state index is 12.4. The minimum atomic E-state index is -2.84. The standard InChI is InChI=1S/C14H22F2N2O/c1-2-3-7-12(18)11(9-17)10-6-4-5-8-13(10)19-14(15)16/h4-6,8,11-12,14H,2-3,7,9,17-18H2,1H3. The van der Waals surface area contributed by atoms with Gasteiger partial charge in [0, 0.05) is 24.1 Å². The summed E-state index contributed by atoms with van der Waals surface area (Å²) in [7, 11) is 0. The van der Waals surface area contributed by atoms with E-state index in [0.717, 1.165) is 19.3 Å². The third-order valence-corrected chi connectivity index (χ3v) is 3.20. The number of para-hydroxylation sites is 1. The van der Waals surface area contributed by atoms with Crippen LogP contribution in [-0.2, 0) is 0 Å². The summed E-state index contributed by atoms with van der Waals surface area (Å²) in [5.41, 5.74) is 12.5. The second-order valence-electron chi connectivity index (χ2n) is 4.56. The Balaban J connectivity index is 2.90. The Morgan fingerprint density at radius 1 is 1.26 bits per heavy atom. The monoisotopic (exact) mass is 272 g/mol. The molecule has 3 nitrogen and oxygen atoms in total. The van der Waals surface area contributed by atoms with Gasteiger partial charge in [-0.2, -0.15) is 8.78 Å². The van der Waals surface area contributed by atoms with E-state index in [0.29, 0.717) is 12.1 Å². The molecule has 1 aromatic rings. The van der Waals surface area contributed by atoms with Crippen LogP contribution in [-0.4, -0.2) is 19.2 Å². The predicted molar refractivity (Wildman–Crippen MR) is 72.4 cm³/mol. The molecule has 108 valence electrons. The van der Waals surface area contributed by atoms with Gasteiger partial charge in [0.15, 0.2) is 0 Å². The van der Waals surface area contributed by atoms with Crippen molar-refractivity contribution in [2.45, 2.75) is 44.8 Å². The first-order chi connectivity index (χ1) is 9.10. The zero-order valence-corrected chi connectivity index (χ0v) is 11.2. The van der Waals surface area contributed by atoms with E-state index < -0.39 is 6.61 Å². The van der Waals surface area contributed by atoms with Crippen molar-refractivity contribution in [3.63, 3.8) is 0 Å². The van der Waals surface area contributed by atoms with Gasteiger partial charge in [0.05, 0.1) is 0 Å². The first-order valence-electron chi connectivity index (χ1n) is 6.59. The Bertz CT molecular complexity index is 374. The molecule has 4 N–H and O–H groups in total. The molecule has 2 atom stereocenters. The third-order valence-electron chi connectivity index (χ3n) is 3.20. The Labute approximate surface area is 112 Å². The molecule has 0 saturated carbocycles. The molecule has 0 aliphatic heterocycles. The molecule has 0 radical (unpaired) electrons. The van der Waals surface area contributed by atoms with E-state index in [9.17, 15) is 8.78 Å². The highest BCUT2D eigenvalue weighted by Crippen LogP contribution is 2.30. The van der Waals surface area contributed by atoms with E-state index >= 15 is 0 Å². The Hall–Kier alpha value is -1.20. The second-order valence-corrected chi connectivity index (χ2v) is 4.56. The number of ether oxygens (including phenoxy) is 1. The van der Waals surface area contributed by atoms with Crippen LogP contribution in [0.4, 0.5) is 8.78 Å². The highest BCUT2D eigenvalue weighted by atomic mass is 19.3. The topological polar surface area (TPSA) is 61.3 Å². The van der Waals surface area contributed by atoms with Crippen molar-refractivity contribution in [3.8, 4) is 5.75 Å². The number of hydrogen-bond donors (Lipinski definition) is 2. The van der Waals surface area contributed by atoms with Crippen molar-refractivity contribution in [2.24, 2.45) is 11.5 Å². The smallest absolute Gasteiger partial charge is 0.387 e. The van der Waals surface area contributed by atoms with Crippen molar-refractivity contribution >= 4 is 0 Å². The molecular weight excluding hydrogens is 250 g/mol. The summed E-state index contributed by atoms with van der Waals surface area (Å²) in [5, 5.41) is 0. The van der Waals surface area contributed by atoms with Gasteiger partial charge in [0.1, 0.15) is 5.75 Å². The summed E-state index contributed by atoms with van der Waals surface area (Å²) in [6.45, 7) is -0.446. The van der Waals surface area contributed by atoms with E-state index in [1.807, 2.05) is 0 Å².